The molecular weight excluding hydrogens is 202 g/mol. The number of nitrogens with zero attached hydrogens (tertiary/aromatic N) is 1. The summed E-state index contributed by atoms with van der Waals surface area (Å²) in [4.78, 5) is 13.5. The van der Waals surface area contributed by atoms with Gasteiger partial charge in [-0.05, 0) is 44.0 Å². The van der Waals surface area contributed by atoms with Crippen LogP contribution in [0.25, 0.3) is 0 Å². The number of hydrogen-bond acceptors (Lipinski definition) is 2. The van der Waals surface area contributed by atoms with E-state index in [-0.39, 0.29) is 12.0 Å². The molecule has 86 valence electrons. The van der Waals surface area contributed by atoms with Crippen molar-refractivity contribution in [3.63, 3.8) is 0 Å². The first-order chi connectivity index (χ1) is 7.49. The Labute approximate surface area is 96.0 Å². The summed E-state index contributed by atoms with van der Waals surface area (Å²) >= 11 is 0. The Morgan fingerprint density at radius 1 is 1.31 bits per heavy atom. The second-order valence-corrected chi connectivity index (χ2v) is 4.49. The number of aryl methyl sites for hydroxylation is 2. The first kappa shape index (κ1) is 11.0. The molecule has 0 spiro atoms. The van der Waals surface area contributed by atoms with E-state index in [1.165, 1.54) is 11.1 Å². The molecule has 16 heavy (non-hydrogen) atoms. The SMILES string of the molecule is Cc1cc2c(cc1C)N(C)C(=O)CC(C)O2. The highest BCUT2D eigenvalue weighted by molar-refractivity contribution is 5.95. The molecule has 0 fully saturated rings. The number of carbonyl (C=O) groups excluding carboxylic acids is 1. The van der Waals surface area contributed by atoms with Crippen molar-refractivity contribution in [1.82, 2.24) is 0 Å². The van der Waals surface area contributed by atoms with Gasteiger partial charge in [-0.25, -0.2) is 0 Å². The molecule has 1 heterocycles. The third-order valence-corrected chi connectivity index (χ3v) is 3.10. The summed E-state index contributed by atoms with van der Waals surface area (Å²) in [6, 6.07) is 4.02. The van der Waals surface area contributed by atoms with E-state index in [0.717, 1.165) is 11.4 Å². The van der Waals surface area contributed by atoms with Crippen LogP contribution in [0.1, 0.15) is 24.5 Å². The van der Waals surface area contributed by atoms with Gasteiger partial charge in [-0.15, -0.1) is 0 Å². The predicted molar refractivity (Wildman–Crippen MR) is 64.0 cm³/mol. The molecule has 3 nitrogen and oxygen atoms in total. The number of rotatable bonds is 0. The van der Waals surface area contributed by atoms with Crippen molar-refractivity contribution < 1.29 is 9.53 Å². The molecule has 1 aromatic carbocycles. The lowest BCUT2D eigenvalue weighted by molar-refractivity contribution is -0.119. The highest BCUT2D eigenvalue weighted by Crippen LogP contribution is 2.34. The minimum absolute atomic E-state index is 0.0571. The Kier molecular flexibility index (Phi) is 2.62. The minimum Gasteiger partial charge on any atom is -0.488 e. The van der Waals surface area contributed by atoms with E-state index in [2.05, 4.69) is 6.92 Å². The van der Waals surface area contributed by atoms with Crippen molar-refractivity contribution in [2.45, 2.75) is 33.3 Å². The maximum atomic E-state index is 11.8. The number of benzene rings is 1. The first-order valence-corrected chi connectivity index (χ1v) is 5.53. The molecule has 1 aromatic rings. The Hall–Kier alpha value is -1.51. The van der Waals surface area contributed by atoms with Crippen molar-refractivity contribution in [1.29, 1.82) is 0 Å². The normalized spacial score (nSPS) is 20.1. The predicted octanol–water partition coefficient (Wildman–Crippen LogP) is 2.44. The Balaban J connectivity index is 2.55. The van der Waals surface area contributed by atoms with Crippen LogP contribution in [0.4, 0.5) is 5.69 Å². The van der Waals surface area contributed by atoms with E-state index in [4.69, 9.17) is 4.74 Å². The van der Waals surface area contributed by atoms with Gasteiger partial charge in [0.25, 0.3) is 0 Å². The van der Waals surface area contributed by atoms with Crippen LogP contribution in [0, 0.1) is 13.8 Å². The molecule has 1 aliphatic rings. The van der Waals surface area contributed by atoms with Gasteiger partial charge in [0.1, 0.15) is 11.9 Å². The maximum Gasteiger partial charge on any atom is 0.230 e. The van der Waals surface area contributed by atoms with Crippen LogP contribution in [0.3, 0.4) is 0 Å². The zero-order chi connectivity index (χ0) is 11.9. The summed E-state index contributed by atoms with van der Waals surface area (Å²) in [5.41, 5.74) is 3.24. The summed E-state index contributed by atoms with van der Waals surface area (Å²) in [7, 11) is 1.80. The number of anilines is 1. The van der Waals surface area contributed by atoms with Crippen molar-refractivity contribution in [3.05, 3.63) is 23.3 Å². The van der Waals surface area contributed by atoms with Gasteiger partial charge in [-0.1, -0.05) is 0 Å². The largest absolute Gasteiger partial charge is 0.488 e. The van der Waals surface area contributed by atoms with Crippen LogP contribution >= 0.6 is 0 Å². The van der Waals surface area contributed by atoms with E-state index in [1.54, 1.807) is 11.9 Å². The van der Waals surface area contributed by atoms with Crippen molar-refractivity contribution in [3.8, 4) is 5.75 Å². The Morgan fingerprint density at radius 2 is 1.94 bits per heavy atom. The first-order valence-electron chi connectivity index (χ1n) is 5.53. The standard InChI is InChI=1S/C13H17NO2/c1-8-5-11-12(6-9(8)2)16-10(3)7-13(15)14(11)4/h5-6,10H,7H2,1-4H3. The summed E-state index contributed by atoms with van der Waals surface area (Å²) in [6.45, 7) is 6.02. The van der Waals surface area contributed by atoms with Crippen molar-refractivity contribution >= 4 is 11.6 Å². The lowest BCUT2D eigenvalue weighted by atomic mass is 10.1. The fourth-order valence-corrected chi connectivity index (χ4v) is 1.91. The topological polar surface area (TPSA) is 29.5 Å². The average Bonchev–Trinajstić information content (AvgIpc) is 2.29. The molecule has 1 unspecified atom stereocenters. The second-order valence-electron chi connectivity index (χ2n) is 4.49. The fraction of sp³-hybridized carbons (Fsp3) is 0.462. The third-order valence-electron chi connectivity index (χ3n) is 3.10. The molecule has 0 aliphatic carbocycles. The third kappa shape index (κ3) is 1.77. The lowest BCUT2D eigenvalue weighted by Gasteiger charge is -2.17. The van der Waals surface area contributed by atoms with Crippen LogP contribution in [-0.4, -0.2) is 19.1 Å². The van der Waals surface area contributed by atoms with Crippen LogP contribution in [-0.2, 0) is 4.79 Å². The van der Waals surface area contributed by atoms with Gasteiger partial charge < -0.3 is 9.64 Å². The van der Waals surface area contributed by atoms with E-state index in [0.29, 0.717) is 6.42 Å². The smallest absolute Gasteiger partial charge is 0.230 e. The maximum absolute atomic E-state index is 11.8. The van der Waals surface area contributed by atoms with Gasteiger partial charge in [0.05, 0.1) is 12.1 Å². The summed E-state index contributed by atoms with van der Waals surface area (Å²) in [6.07, 6.45) is 0.377. The monoisotopic (exact) mass is 219 g/mol. The van der Waals surface area contributed by atoms with Crippen LogP contribution in [0.15, 0.2) is 12.1 Å². The summed E-state index contributed by atoms with van der Waals surface area (Å²) in [5, 5.41) is 0. The molecule has 1 amide bonds. The van der Waals surface area contributed by atoms with Gasteiger partial charge >= 0.3 is 0 Å². The van der Waals surface area contributed by atoms with Gasteiger partial charge in [0.15, 0.2) is 0 Å². The zero-order valence-corrected chi connectivity index (χ0v) is 10.2. The molecule has 3 heteroatoms. The number of hydrogen-bond donors (Lipinski definition) is 0. The van der Waals surface area contributed by atoms with E-state index in [1.807, 2.05) is 26.0 Å². The quantitative estimate of drug-likeness (QED) is 0.670. The molecule has 0 radical (unpaired) electrons. The van der Waals surface area contributed by atoms with Crippen LogP contribution < -0.4 is 9.64 Å². The summed E-state index contributed by atoms with van der Waals surface area (Å²) in [5.74, 6) is 0.915. The van der Waals surface area contributed by atoms with Gasteiger partial charge in [0, 0.05) is 7.05 Å². The number of carbonyl (C=O) groups is 1. The van der Waals surface area contributed by atoms with E-state index >= 15 is 0 Å². The lowest BCUT2D eigenvalue weighted by Crippen LogP contribution is -2.27. The van der Waals surface area contributed by atoms with Gasteiger partial charge in [-0.3, -0.25) is 4.79 Å². The van der Waals surface area contributed by atoms with E-state index < -0.39 is 0 Å². The molecular formula is C13H17NO2. The molecule has 0 N–H and O–H groups in total. The molecule has 0 saturated heterocycles. The molecule has 1 atom stereocenters. The highest BCUT2D eigenvalue weighted by atomic mass is 16.5. The Morgan fingerprint density at radius 3 is 2.62 bits per heavy atom. The molecule has 0 bridgehead atoms. The van der Waals surface area contributed by atoms with Gasteiger partial charge in [0.2, 0.25) is 5.91 Å². The molecule has 1 aliphatic heterocycles. The van der Waals surface area contributed by atoms with Crippen LogP contribution in [0.5, 0.6) is 5.75 Å². The Bertz CT molecular complexity index is 440. The minimum atomic E-state index is -0.0571. The number of fused-ring (bicyclic) bond motifs is 1. The number of amides is 1. The molecule has 0 aromatic heterocycles. The van der Waals surface area contributed by atoms with Gasteiger partial charge in [-0.2, -0.15) is 0 Å². The second kappa shape index (κ2) is 3.81. The fourth-order valence-electron chi connectivity index (χ4n) is 1.91. The molecule has 2 rings (SSSR count). The van der Waals surface area contributed by atoms with Crippen molar-refractivity contribution in [2.24, 2.45) is 0 Å². The highest BCUT2D eigenvalue weighted by Gasteiger charge is 2.24. The van der Waals surface area contributed by atoms with Crippen LogP contribution in [0.2, 0.25) is 0 Å². The summed E-state index contributed by atoms with van der Waals surface area (Å²) < 4.78 is 5.77. The molecule has 0 saturated carbocycles. The average molecular weight is 219 g/mol. The van der Waals surface area contributed by atoms with E-state index in [9.17, 15) is 4.79 Å². The van der Waals surface area contributed by atoms with Crippen molar-refractivity contribution in [2.75, 3.05) is 11.9 Å². The zero-order valence-electron chi connectivity index (χ0n) is 10.2. The number of ether oxygens (including phenoxy) is 1.